The molecule has 160 valence electrons. The van der Waals surface area contributed by atoms with Gasteiger partial charge in [-0.05, 0) is 18.9 Å². The zero-order chi connectivity index (χ0) is 20.5. The van der Waals surface area contributed by atoms with Gasteiger partial charge in [0.1, 0.15) is 16.3 Å². The van der Waals surface area contributed by atoms with Gasteiger partial charge in [-0.3, -0.25) is 14.4 Å². The van der Waals surface area contributed by atoms with E-state index in [1.807, 2.05) is 29.6 Å². The van der Waals surface area contributed by atoms with Crippen LogP contribution in [0.4, 0.5) is 0 Å². The lowest BCUT2D eigenvalue weighted by Crippen LogP contribution is -2.55. The normalized spacial score (nSPS) is 33.3. The first kappa shape index (κ1) is 18.9. The number of fused-ring (bicyclic) bond motifs is 1. The van der Waals surface area contributed by atoms with Gasteiger partial charge in [0.15, 0.2) is 0 Å². The summed E-state index contributed by atoms with van der Waals surface area (Å²) in [5.74, 6) is 0.853. The first-order valence-electron chi connectivity index (χ1n) is 10.8. The summed E-state index contributed by atoms with van der Waals surface area (Å²) in [6.07, 6.45) is 4.07. The van der Waals surface area contributed by atoms with Crippen molar-refractivity contribution in [3.8, 4) is 0 Å². The number of nitrogens with zero attached hydrogens (tertiary/aromatic N) is 5. The van der Waals surface area contributed by atoms with Gasteiger partial charge in [0.05, 0.1) is 24.9 Å². The molecule has 9 heteroatoms. The Morgan fingerprint density at radius 2 is 2.23 bits per heavy atom. The van der Waals surface area contributed by atoms with E-state index in [1.54, 1.807) is 16.0 Å². The highest BCUT2D eigenvalue weighted by molar-refractivity contribution is 7.09. The molecular weight excluding hydrogens is 402 g/mol. The lowest BCUT2D eigenvalue weighted by atomic mass is 9.83. The number of likely N-dealkylation sites (tertiary alicyclic amines) is 2. The SMILES string of the molecule is Cn1nc(C2CC2)cc1C(=O)N1C[C@H]2O[C@@]3(CN(Cc4nccs4)C[C@@H]3[C@@H]2CO)C1. The molecule has 6 rings (SSSR count). The Labute approximate surface area is 179 Å². The second kappa shape index (κ2) is 6.85. The van der Waals surface area contributed by atoms with Gasteiger partial charge in [-0.2, -0.15) is 5.10 Å². The smallest absolute Gasteiger partial charge is 0.272 e. The van der Waals surface area contributed by atoms with Gasteiger partial charge in [-0.25, -0.2) is 4.98 Å². The minimum absolute atomic E-state index is 0.0280. The summed E-state index contributed by atoms with van der Waals surface area (Å²) in [4.78, 5) is 22.2. The van der Waals surface area contributed by atoms with Crippen molar-refractivity contribution in [2.45, 2.75) is 37.0 Å². The molecule has 4 fully saturated rings. The average molecular weight is 430 g/mol. The Morgan fingerprint density at radius 1 is 1.37 bits per heavy atom. The van der Waals surface area contributed by atoms with Crippen molar-refractivity contribution >= 4 is 17.2 Å². The summed E-state index contributed by atoms with van der Waals surface area (Å²) < 4.78 is 8.26. The molecule has 3 aliphatic heterocycles. The number of aliphatic hydroxyl groups is 1. The number of amides is 1. The number of thiazole rings is 1. The van der Waals surface area contributed by atoms with Crippen molar-refractivity contribution in [1.29, 1.82) is 0 Å². The van der Waals surface area contributed by atoms with Gasteiger partial charge >= 0.3 is 0 Å². The van der Waals surface area contributed by atoms with Crippen molar-refractivity contribution in [2.24, 2.45) is 18.9 Å². The number of aromatic nitrogens is 3. The van der Waals surface area contributed by atoms with E-state index < -0.39 is 5.60 Å². The van der Waals surface area contributed by atoms with E-state index in [-0.39, 0.29) is 30.5 Å². The van der Waals surface area contributed by atoms with Gasteiger partial charge in [-0.1, -0.05) is 0 Å². The average Bonchev–Trinajstić information content (AvgIpc) is 3.06. The molecule has 1 aliphatic carbocycles. The number of morpholine rings is 1. The van der Waals surface area contributed by atoms with Crippen LogP contribution in [0.15, 0.2) is 17.6 Å². The molecule has 5 heterocycles. The molecule has 1 spiro atoms. The molecule has 30 heavy (non-hydrogen) atoms. The van der Waals surface area contributed by atoms with Crippen LogP contribution in [0.1, 0.15) is 39.9 Å². The lowest BCUT2D eigenvalue weighted by molar-refractivity contribution is -0.108. The largest absolute Gasteiger partial charge is 0.396 e. The quantitative estimate of drug-likeness (QED) is 0.766. The molecular formula is C21H27N5O3S. The molecule has 4 aliphatic rings. The second-order valence-electron chi connectivity index (χ2n) is 9.31. The van der Waals surface area contributed by atoms with Gasteiger partial charge in [0, 0.05) is 62.6 Å². The molecule has 3 saturated heterocycles. The predicted octanol–water partition coefficient (Wildman–Crippen LogP) is 1.09. The number of aryl methyl sites for hydroxylation is 1. The second-order valence-corrected chi connectivity index (χ2v) is 10.3. The van der Waals surface area contributed by atoms with Crippen LogP contribution in [-0.2, 0) is 18.3 Å². The van der Waals surface area contributed by atoms with Gasteiger partial charge < -0.3 is 14.7 Å². The molecule has 1 amide bonds. The van der Waals surface area contributed by atoms with Gasteiger partial charge in [-0.15, -0.1) is 11.3 Å². The highest BCUT2D eigenvalue weighted by atomic mass is 32.1. The summed E-state index contributed by atoms with van der Waals surface area (Å²) in [6, 6.07) is 1.97. The van der Waals surface area contributed by atoms with E-state index in [9.17, 15) is 9.90 Å². The van der Waals surface area contributed by atoms with Crippen LogP contribution in [0.25, 0.3) is 0 Å². The van der Waals surface area contributed by atoms with Crippen molar-refractivity contribution < 1.29 is 14.6 Å². The van der Waals surface area contributed by atoms with Crippen molar-refractivity contribution in [3.05, 3.63) is 34.0 Å². The third kappa shape index (κ3) is 2.94. The molecule has 0 radical (unpaired) electrons. The number of hydrogen-bond acceptors (Lipinski definition) is 7. The van der Waals surface area contributed by atoms with E-state index in [0.717, 1.165) is 30.3 Å². The standard InChI is InChI=1S/C21H27N5O3S/c1-24-17(6-16(23-24)13-2-3-13)20(28)26-8-18-14(10-27)15-7-25(9-19-22-4-5-30-19)11-21(15,12-26)29-18/h4-6,13-15,18,27H,2-3,7-12H2,1H3/t14-,15+,18+,21-/m0/s1. The van der Waals surface area contributed by atoms with E-state index in [0.29, 0.717) is 24.7 Å². The zero-order valence-electron chi connectivity index (χ0n) is 17.1. The minimum atomic E-state index is -0.402. The maximum Gasteiger partial charge on any atom is 0.272 e. The molecule has 4 atom stereocenters. The number of hydrogen-bond donors (Lipinski definition) is 1. The lowest BCUT2D eigenvalue weighted by Gasteiger charge is -2.40. The number of rotatable bonds is 5. The highest BCUT2D eigenvalue weighted by Gasteiger charge is 2.62. The maximum atomic E-state index is 13.4. The number of carbonyl (C=O) groups excluding carboxylic acids is 1. The maximum absolute atomic E-state index is 13.4. The van der Waals surface area contributed by atoms with Gasteiger partial charge in [0.25, 0.3) is 5.91 Å². The molecule has 0 unspecified atom stereocenters. The molecule has 2 aromatic heterocycles. The third-order valence-corrected chi connectivity index (χ3v) is 8.08. The van der Waals surface area contributed by atoms with Crippen LogP contribution in [0, 0.1) is 11.8 Å². The van der Waals surface area contributed by atoms with E-state index in [4.69, 9.17) is 4.74 Å². The van der Waals surface area contributed by atoms with Gasteiger partial charge in [0.2, 0.25) is 0 Å². The van der Waals surface area contributed by atoms with Crippen LogP contribution in [0.2, 0.25) is 0 Å². The zero-order valence-corrected chi connectivity index (χ0v) is 17.9. The first-order valence-corrected chi connectivity index (χ1v) is 11.7. The fraction of sp³-hybridized carbons (Fsp3) is 0.667. The third-order valence-electron chi connectivity index (χ3n) is 7.31. The molecule has 2 aromatic rings. The van der Waals surface area contributed by atoms with E-state index in [1.165, 1.54) is 12.8 Å². The van der Waals surface area contributed by atoms with E-state index >= 15 is 0 Å². The molecule has 0 aromatic carbocycles. The Hall–Kier alpha value is -1.81. The number of carbonyl (C=O) groups is 1. The van der Waals surface area contributed by atoms with Crippen molar-refractivity contribution in [2.75, 3.05) is 32.8 Å². The van der Waals surface area contributed by atoms with Crippen molar-refractivity contribution in [1.82, 2.24) is 24.6 Å². The molecule has 1 saturated carbocycles. The van der Waals surface area contributed by atoms with Crippen LogP contribution >= 0.6 is 11.3 Å². The summed E-state index contributed by atoms with van der Waals surface area (Å²) in [6.45, 7) is 3.65. The molecule has 8 nitrogen and oxygen atoms in total. The van der Waals surface area contributed by atoms with Crippen LogP contribution < -0.4 is 0 Å². The summed E-state index contributed by atoms with van der Waals surface area (Å²) in [5, 5.41) is 17.8. The van der Waals surface area contributed by atoms with Crippen LogP contribution in [0.5, 0.6) is 0 Å². The van der Waals surface area contributed by atoms with Crippen LogP contribution in [0.3, 0.4) is 0 Å². The minimum Gasteiger partial charge on any atom is -0.396 e. The summed E-state index contributed by atoms with van der Waals surface area (Å²) >= 11 is 1.66. The number of aliphatic hydroxyl groups excluding tert-OH is 1. The summed E-state index contributed by atoms with van der Waals surface area (Å²) in [7, 11) is 1.86. The van der Waals surface area contributed by atoms with Crippen molar-refractivity contribution in [3.63, 3.8) is 0 Å². The Balaban J connectivity index is 1.25. The number of ether oxygens (including phenoxy) is 1. The predicted molar refractivity (Wildman–Crippen MR) is 110 cm³/mol. The van der Waals surface area contributed by atoms with Crippen LogP contribution in [-0.4, -0.2) is 80.1 Å². The molecule has 1 N–H and O–H groups in total. The fourth-order valence-corrected chi connectivity index (χ4v) is 6.42. The fourth-order valence-electron chi connectivity index (χ4n) is 5.76. The topological polar surface area (TPSA) is 83.7 Å². The Kier molecular flexibility index (Phi) is 4.32. The monoisotopic (exact) mass is 429 g/mol. The first-order chi connectivity index (χ1) is 14.6. The Morgan fingerprint density at radius 3 is 2.97 bits per heavy atom. The summed E-state index contributed by atoms with van der Waals surface area (Å²) in [5.41, 5.74) is 1.29. The Bertz CT molecular complexity index is 958. The highest BCUT2D eigenvalue weighted by Crippen LogP contribution is 2.49. The van der Waals surface area contributed by atoms with E-state index in [2.05, 4.69) is 15.0 Å². The molecule has 2 bridgehead atoms.